The summed E-state index contributed by atoms with van der Waals surface area (Å²) in [5, 5.41) is 3.27. The van der Waals surface area contributed by atoms with E-state index in [2.05, 4.69) is 10.3 Å². The van der Waals surface area contributed by atoms with Gasteiger partial charge in [-0.1, -0.05) is 13.0 Å². The maximum absolute atomic E-state index is 13.8. The molecule has 0 spiro atoms. The summed E-state index contributed by atoms with van der Waals surface area (Å²) in [6.45, 7) is 4.66. The topological polar surface area (TPSA) is 24.9 Å². The first kappa shape index (κ1) is 14.6. The first-order valence-corrected chi connectivity index (χ1v) is 6.70. The number of pyridine rings is 1. The number of aryl methyl sites for hydroxylation is 1. The van der Waals surface area contributed by atoms with Crippen molar-refractivity contribution in [3.8, 4) is 0 Å². The highest BCUT2D eigenvalue weighted by Gasteiger charge is 2.18. The van der Waals surface area contributed by atoms with Crippen molar-refractivity contribution in [3.05, 3.63) is 65.0 Å². The molecule has 2 nitrogen and oxygen atoms in total. The summed E-state index contributed by atoms with van der Waals surface area (Å²) in [5.41, 5.74) is 2.14. The maximum atomic E-state index is 13.8. The number of benzene rings is 1. The Morgan fingerprint density at radius 3 is 2.50 bits per heavy atom. The Hall–Kier alpha value is -1.81. The Morgan fingerprint density at radius 1 is 1.20 bits per heavy atom. The summed E-state index contributed by atoms with van der Waals surface area (Å²) in [4.78, 5) is 4.11. The molecule has 1 atom stereocenters. The second kappa shape index (κ2) is 6.57. The average Bonchev–Trinajstić information content (AvgIpc) is 2.43. The normalized spacial score (nSPS) is 12.4. The van der Waals surface area contributed by atoms with Crippen LogP contribution in [-0.4, -0.2) is 11.5 Å². The van der Waals surface area contributed by atoms with Gasteiger partial charge in [-0.05, 0) is 49.2 Å². The third-order valence-electron chi connectivity index (χ3n) is 3.38. The number of nitrogens with zero attached hydrogens (tertiary/aromatic N) is 1. The Bertz CT molecular complexity index is 564. The van der Waals surface area contributed by atoms with Gasteiger partial charge in [-0.15, -0.1) is 0 Å². The maximum Gasteiger partial charge on any atom is 0.129 e. The molecule has 0 saturated carbocycles. The van der Waals surface area contributed by atoms with E-state index in [9.17, 15) is 8.78 Å². The molecule has 0 amide bonds. The van der Waals surface area contributed by atoms with Gasteiger partial charge in [-0.3, -0.25) is 4.98 Å². The SMILES string of the molecule is CCNC(Cc1c(F)cccc1F)c1cnccc1C. The van der Waals surface area contributed by atoms with Crippen molar-refractivity contribution in [3.63, 3.8) is 0 Å². The molecule has 106 valence electrons. The molecule has 0 aliphatic heterocycles. The van der Waals surface area contributed by atoms with Crippen LogP contribution in [0.1, 0.15) is 29.7 Å². The Labute approximate surface area is 117 Å². The number of hydrogen-bond donors (Lipinski definition) is 1. The van der Waals surface area contributed by atoms with Crippen LogP contribution in [0.25, 0.3) is 0 Å². The minimum Gasteiger partial charge on any atom is -0.310 e. The quantitative estimate of drug-likeness (QED) is 0.903. The van der Waals surface area contributed by atoms with Crippen molar-refractivity contribution in [2.24, 2.45) is 0 Å². The smallest absolute Gasteiger partial charge is 0.129 e. The molecule has 1 aromatic heterocycles. The van der Waals surface area contributed by atoms with Crippen LogP contribution in [0, 0.1) is 18.6 Å². The van der Waals surface area contributed by atoms with Crippen LogP contribution in [0.4, 0.5) is 8.78 Å². The summed E-state index contributed by atoms with van der Waals surface area (Å²) in [7, 11) is 0. The van der Waals surface area contributed by atoms with Gasteiger partial charge in [-0.25, -0.2) is 8.78 Å². The van der Waals surface area contributed by atoms with Gasteiger partial charge in [0.05, 0.1) is 0 Å². The Morgan fingerprint density at radius 2 is 1.90 bits per heavy atom. The number of halogens is 2. The van der Waals surface area contributed by atoms with Crippen LogP contribution in [0.15, 0.2) is 36.7 Å². The first-order chi connectivity index (χ1) is 9.63. The van der Waals surface area contributed by atoms with Gasteiger partial charge in [0.15, 0.2) is 0 Å². The number of likely N-dealkylation sites (N-methyl/N-ethyl adjacent to an activating group) is 1. The highest BCUT2D eigenvalue weighted by atomic mass is 19.1. The van der Waals surface area contributed by atoms with Crippen LogP contribution >= 0.6 is 0 Å². The third kappa shape index (κ3) is 3.20. The number of nitrogens with one attached hydrogen (secondary N) is 1. The molecule has 1 heterocycles. The lowest BCUT2D eigenvalue weighted by Gasteiger charge is -2.20. The van der Waals surface area contributed by atoms with Crippen molar-refractivity contribution in [1.29, 1.82) is 0 Å². The van der Waals surface area contributed by atoms with Crippen molar-refractivity contribution in [2.75, 3.05) is 6.54 Å². The second-order valence-corrected chi connectivity index (χ2v) is 4.75. The van der Waals surface area contributed by atoms with Crippen molar-refractivity contribution in [1.82, 2.24) is 10.3 Å². The van der Waals surface area contributed by atoms with Gasteiger partial charge < -0.3 is 5.32 Å². The summed E-state index contributed by atoms with van der Waals surface area (Å²) in [5.74, 6) is -1.01. The molecule has 2 rings (SSSR count). The van der Waals surface area contributed by atoms with E-state index in [0.29, 0.717) is 0 Å². The fourth-order valence-electron chi connectivity index (χ4n) is 2.31. The molecule has 0 aliphatic rings. The molecule has 0 saturated heterocycles. The van der Waals surface area contributed by atoms with E-state index in [0.717, 1.165) is 17.7 Å². The molecule has 0 fully saturated rings. The standard InChI is InChI=1S/C16H18F2N2/c1-3-20-16(13-10-19-8-7-11(13)2)9-12-14(17)5-4-6-15(12)18/h4-8,10,16,20H,3,9H2,1-2H3. The zero-order valence-electron chi connectivity index (χ0n) is 11.7. The van der Waals surface area contributed by atoms with Crippen LogP contribution in [0.5, 0.6) is 0 Å². The minimum absolute atomic E-state index is 0.113. The van der Waals surface area contributed by atoms with Gasteiger partial charge in [0, 0.05) is 24.0 Å². The van der Waals surface area contributed by atoms with E-state index >= 15 is 0 Å². The van der Waals surface area contributed by atoms with Gasteiger partial charge >= 0.3 is 0 Å². The van der Waals surface area contributed by atoms with E-state index in [1.807, 2.05) is 19.9 Å². The van der Waals surface area contributed by atoms with Crippen molar-refractivity contribution >= 4 is 0 Å². The Balaban J connectivity index is 2.33. The molecule has 0 bridgehead atoms. The van der Waals surface area contributed by atoms with Crippen LogP contribution in [-0.2, 0) is 6.42 Å². The van der Waals surface area contributed by atoms with E-state index in [4.69, 9.17) is 0 Å². The summed E-state index contributed by atoms with van der Waals surface area (Å²) >= 11 is 0. The zero-order chi connectivity index (χ0) is 14.5. The zero-order valence-corrected chi connectivity index (χ0v) is 11.7. The highest BCUT2D eigenvalue weighted by molar-refractivity contribution is 5.29. The van der Waals surface area contributed by atoms with Gasteiger partial charge in [0.2, 0.25) is 0 Å². The fraction of sp³-hybridized carbons (Fsp3) is 0.312. The summed E-state index contributed by atoms with van der Waals surface area (Å²) < 4.78 is 27.6. The average molecular weight is 276 g/mol. The highest BCUT2D eigenvalue weighted by Crippen LogP contribution is 2.23. The largest absolute Gasteiger partial charge is 0.310 e. The molecule has 1 aromatic carbocycles. The van der Waals surface area contributed by atoms with E-state index < -0.39 is 11.6 Å². The van der Waals surface area contributed by atoms with Gasteiger partial charge in [-0.2, -0.15) is 0 Å². The predicted octanol–water partition coefficient (Wildman–Crippen LogP) is 3.56. The third-order valence-corrected chi connectivity index (χ3v) is 3.38. The first-order valence-electron chi connectivity index (χ1n) is 6.70. The monoisotopic (exact) mass is 276 g/mol. The summed E-state index contributed by atoms with van der Waals surface area (Å²) in [6.07, 6.45) is 3.73. The van der Waals surface area contributed by atoms with Gasteiger partial charge in [0.1, 0.15) is 11.6 Å². The molecule has 0 radical (unpaired) electrons. The lowest BCUT2D eigenvalue weighted by atomic mass is 9.96. The lowest BCUT2D eigenvalue weighted by Crippen LogP contribution is -2.24. The molecule has 4 heteroatoms. The van der Waals surface area contributed by atoms with Gasteiger partial charge in [0.25, 0.3) is 0 Å². The van der Waals surface area contributed by atoms with E-state index in [1.54, 1.807) is 12.4 Å². The molecule has 1 unspecified atom stereocenters. The Kier molecular flexibility index (Phi) is 4.79. The molecule has 20 heavy (non-hydrogen) atoms. The number of hydrogen-bond acceptors (Lipinski definition) is 2. The van der Waals surface area contributed by atoms with Crippen molar-refractivity contribution < 1.29 is 8.78 Å². The molecule has 2 aromatic rings. The molecule has 0 aliphatic carbocycles. The summed E-state index contributed by atoms with van der Waals surface area (Å²) in [6, 6.07) is 5.71. The van der Waals surface area contributed by atoms with E-state index in [-0.39, 0.29) is 18.0 Å². The van der Waals surface area contributed by atoms with Crippen LogP contribution in [0.2, 0.25) is 0 Å². The van der Waals surface area contributed by atoms with Crippen LogP contribution < -0.4 is 5.32 Å². The number of rotatable bonds is 5. The molecule has 1 N–H and O–H groups in total. The number of aromatic nitrogens is 1. The lowest BCUT2D eigenvalue weighted by molar-refractivity contribution is 0.497. The molecular weight excluding hydrogens is 258 g/mol. The van der Waals surface area contributed by atoms with Crippen molar-refractivity contribution in [2.45, 2.75) is 26.3 Å². The fourth-order valence-corrected chi connectivity index (χ4v) is 2.31. The van der Waals surface area contributed by atoms with Crippen LogP contribution in [0.3, 0.4) is 0 Å². The second-order valence-electron chi connectivity index (χ2n) is 4.75. The minimum atomic E-state index is -0.505. The van der Waals surface area contributed by atoms with E-state index in [1.165, 1.54) is 18.2 Å². The predicted molar refractivity (Wildman–Crippen MR) is 75.5 cm³/mol. The molecular formula is C16H18F2N2.